The Morgan fingerprint density at radius 1 is 1.41 bits per heavy atom. The molecule has 0 saturated carbocycles. The molecule has 1 rings (SSSR count). The molecule has 0 spiro atoms. The number of carbonyl (C=O) groups is 1. The predicted molar refractivity (Wildman–Crippen MR) is 73.8 cm³/mol. The molecule has 96 valence electrons. The van der Waals surface area contributed by atoms with E-state index < -0.39 is 10.7 Å². The van der Waals surface area contributed by atoms with E-state index in [0.717, 1.165) is 10.7 Å². The van der Waals surface area contributed by atoms with Crippen LogP contribution in [0.25, 0.3) is 0 Å². The lowest BCUT2D eigenvalue weighted by Gasteiger charge is -2.17. The molecule has 1 N–H and O–H groups in total. The SMILES string of the molecule is CC(C)(SCc1nc(C(C)(C)C)cs1)C(=O)O. The first-order valence-corrected chi connectivity index (χ1v) is 7.32. The third-order valence-electron chi connectivity index (χ3n) is 2.39. The largest absolute Gasteiger partial charge is 0.480 e. The van der Waals surface area contributed by atoms with Gasteiger partial charge in [0.2, 0.25) is 0 Å². The summed E-state index contributed by atoms with van der Waals surface area (Å²) < 4.78 is -0.756. The van der Waals surface area contributed by atoms with E-state index in [2.05, 4.69) is 31.1 Å². The monoisotopic (exact) mass is 273 g/mol. The van der Waals surface area contributed by atoms with Gasteiger partial charge >= 0.3 is 5.97 Å². The Bertz CT molecular complexity index is 405. The Labute approximate surface area is 111 Å². The van der Waals surface area contributed by atoms with Crippen LogP contribution in [0.2, 0.25) is 0 Å². The van der Waals surface area contributed by atoms with Crippen molar-refractivity contribution in [2.45, 2.75) is 50.5 Å². The molecule has 0 saturated heterocycles. The van der Waals surface area contributed by atoms with Gasteiger partial charge in [0.15, 0.2) is 0 Å². The van der Waals surface area contributed by atoms with Crippen LogP contribution < -0.4 is 0 Å². The van der Waals surface area contributed by atoms with Crippen molar-refractivity contribution in [3.8, 4) is 0 Å². The second-order valence-corrected chi connectivity index (χ2v) is 8.02. The van der Waals surface area contributed by atoms with Crippen molar-refractivity contribution in [3.63, 3.8) is 0 Å². The van der Waals surface area contributed by atoms with E-state index in [1.165, 1.54) is 11.8 Å². The number of thioether (sulfide) groups is 1. The van der Waals surface area contributed by atoms with Gasteiger partial charge in [-0.2, -0.15) is 0 Å². The van der Waals surface area contributed by atoms with Crippen molar-refractivity contribution in [1.29, 1.82) is 0 Å². The van der Waals surface area contributed by atoms with Crippen LogP contribution in [0.4, 0.5) is 0 Å². The summed E-state index contributed by atoms with van der Waals surface area (Å²) in [7, 11) is 0. The first-order valence-electron chi connectivity index (χ1n) is 5.45. The van der Waals surface area contributed by atoms with Crippen molar-refractivity contribution in [2.24, 2.45) is 0 Å². The third-order valence-corrected chi connectivity index (χ3v) is 4.74. The van der Waals surface area contributed by atoms with Gasteiger partial charge < -0.3 is 5.11 Å². The molecule has 0 aliphatic heterocycles. The molecule has 3 nitrogen and oxygen atoms in total. The van der Waals surface area contributed by atoms with Crippen molar-refractivity contribution in [1.82, 2.24) is 4.98 Å². The lowest BCUT2D eigenvalue weighted by atomic mass is 9.93. The Morgan fingerprint density at radius 3 is 2.41 bits per heavy atom. The van der Waals surface area contributed by atoms with Crippen LogP contribution in [0.1, 0.15) is 45.3 Å². The van der Waals surface area contributed by atoms with E-state index in [4.69, 9.17) is 5.11 Å². The minimum Gasteiger partial charge on any atom is -0.480 e. The van der Waals surface area contributed by atoms with E-state index in [9.17, 15) is 4.79 Å². The van der Waals surface area contributed by atoms with Crippen LogP contribution in [0.5, 0.6) is 0 Å². The highest BCUT2D eigenvalue weighted by Gasteiger charge is 2.28. The zero-order chi connectivity index (χ0) is 13.3. The second-order valence-electron chi connectivity index (χ2n) is 5.48. The Morgan fingerprint density at radius 2 is 2.00 bits per heavy atom. The highest BCUT2D eigenvalue weighted by molar-refractivity contribution is 8.00. The van der Waals surface area contributed by atoms with E-state index in [1.54, 1.807) is 25.2 Å². The van der Waals surface area contributed by atoms with Gasteiger partial charge in [-0.25, -0.2) is 4.98 Å². The summed E-state index contributed by atoms with van der Waals surface area (Å²) in [4.78, 5) is 15.5. The fourth-order valence-corrected chi connectivity index (χ4v) is 2.95. The maximum absolute atomic E-state index is 11.0. The maximum atomic E-state index is 11.0. The average molecular weight is 273 g/mol. The molecule has 0 aromatic carbocycles. The van der Waals surface area contributed by atoms with Crippen LogP contribution in [-0.4, -0.2) is 20.8 Å². The second kappa shape index (κ2) is 4.98. The van der Waals surface area contributed by atoms with Gasteiger partial charge in [0.25, 0.3) is 0 Å². The normalized spacial score (nSPS) is 12.8. The number of hydrogen-bond donors (Lipinski definition) is 1. The third kappa shape index (κ3) is 4.00. The Kier molecular flexibility index (Phi) is 4.25. The molecule has 1 aromatic heterocycles. The molecular weight excluding hydrogens is 254 g/mol. The molecule has 0 amide bonds. The lowest BCUT2D eigenvalue weighted by Crippen LogP contribution is -2.27. The van der Waals surface area contributed by atoms with E-state index in [-0.39, 0.29) is 5.41 Å². The maximum Gasteiger partial charge on any atom is 0.319 e. The van der Waals surface area contributed by atoms with Crippen molar-refractivity contribution in [2.75, 3.05) is 0 Å². The summed E-state index contributed by atoms with van der Waals surface area (Å²) in [5.74, 6) is -0.129. The first-order chi connectivity index (χ1) is 7.63. The minimum absolute atomic E-state index is 0.0573. The standard InChI is InChI=1S/C12H19NO2S2/c1-11(2,3)8-6-16-9(13-8)7-17-12(4,5)10(14)15/h6H,7H2,1-5H3,(H,14,15). The molecule has 0 aliphatic rings. The number of aliphatic carboxylic acids is 1. The van der Waals surface area contributed by atoms with Crippen LogP contribution >= 0.6 is 23.1 Å². The first kappa shape index (κ1) is 14.5. The molecule has 0 radical (unpaired) electrons. The van der Waals surface area contributed by atoms with E-state index >= 15 is 0 Å². The Balaban J connectivity index is 2.66. The van der Waals surface area contributed by atoms with Gasteiger partial charge in [0.05, 0.1) is 5.69 Å². The number of thiazole rings is 1. The van der Waals surface area contributed by atoms with Crippen LogP contribution in [0.3, 0.4) is 0 Å². The smallest absolute Gasteiger partial charge is 0.319 e. The zero-order valence-electron chi connectivity index (χ0n) is 10.9. The molecular formula is C12H19NO2S2. The molecule has 1 heterocycles. The summed E-state index contributed by atoms with van der Waals surface area (Å²) in [6.45, 7) is 9.82. The fourth-order valence-electron chi connectivity index (χ4n) is 1.03. The fraction of sp³-hybridized carbons (Fsp3) is 0.667. The van der Waals surface area contributed by atoms with Crippen molar-refractivity contribution >= 4 is 29.1 Å². The van der Waals surface area contributed by atoms with Crippen LogP contribution in [-0.2, 0) is 16.0 Å². The van der Waals surface area contributed by atoms with Crippen molar-refractivity contribution in [3.05, 3.63) is 16.1 Å². The average Bonchev–Trinajstić information content (AvgIpc) is 2.62. The zero-order valence-corrected chi connectivity index (χ0v) is 12.5. The van der Waals surface area contributed by atoms with Gasteiger partial charge in [0, 0.05) is 16.5 Å². The predicted octanol–water partition coefficient (Wildman–Crippen LogP) is 3.54. The number of hydrogen-bond acceptors (Lipinski definition) is 4. The number of carboxylic acids is 1. The summed E-state index contributed by atoms with van der Waals surface area (Å²) in [6, 6.07) is 0. The highest BCUT2D eigenvalue weighted by Crippen LogP contribution is 2.31. The van der Waals surface area contributed by atoms with Gasteiger partial charge in [-0.3, -0.25) is 4.79 Å². The highest BCUT2D eigenvalue weighted by atomic mass is 32.2. The molecule has 0 unspecified atom stereocenters. The summed E-state index contributed by atoms with van der Waals surface area (Å²) in [5.41, 5.74) is 1.13. The number of aromatic nitrogens is 1. The van der Waals surface area contributed by atoms with Crippen LogP contribution in [0.15, 0.2) is 5.38 Å². The molecule has 0 aliphatic carbocycles. The number of carboxylic acid groups (broad SMARTS) is 1. The summed E-state index contributed by atoms with van der Waals surface area (Å²) in [6.07, 6.45) is 0. The minimum atomic E-state index is -0.782. The van der Waals surface area contributed by atoms with E-state index in [1.807, 2.05) is 0 Å². The number of rotatable bonds is 4. The number of nitrogens with zero attached hydrogens (tertiary/aromatic N) is 1. The van der Waals surface area contributed by atoms with E-state index in [0.29, 0.717) is 5.75 Å². The van der Waals surface area contributed by atoms with Gasteiger partial charge in [-0.15, -0.1) is 23.1 Å². The molecule has 0 atom stereocenters. The van der Waals surface area contributed by atoms with Gasteiger partial charge in [-0.1, -0.05) is 20.8 Å². The lowest BCUT2D eigenvalue weighted by molar-refractivity contribution is -0.138. The van der Waals surface area contributed by atoms with Gasteiger partial charge in [0.1, 0.15) is 9.75 Å². The molecule has 0 fully saturated rings. The summed E-state index contributed by atoms with van der Waals surface area (Å²) >= 11 is 3.02. The molecule has 0 bridgehead atoms. The quantitative estimate of drug-likeness (QED) is 0.911. The van der Waals surface area contributed by atoms with Crippen LogP contribution in [0, 0.1) is 0 Å². The Hall–Kier alpha value is -0.550. The molecule has 1 aromatic rings. The topological polar surface area (TPSA) is 50.2 Å². The van der Waals surface area contributed by atoms with Gasteiger partial charge in [-0.05, 0) is 13.8 Å². The molecule has 17 heavy (non-hydrogen) atoms. The molecule has 5 heteroatoms. The van der Waals surface area contributed by atoms with Crippen molar-refractivity contribution < 1.29 is 9.90 Å². The summed E-state index contributed by atoms with van der Waals surface area (Å²) in [5, 5.41) is 12.1.